The summed E-state index contributed by atoms with van der Waals surface area (Å²) < 4.78 is 0. The SMILES string of the molecule is O=C(Nc1ccccc1)c1c(NC(=O)[C@H]2CC=CC[C@H]2C(=O)O)sc2c1CCC2. The maximum atomic E-state index is 13.0. The fourth-order valence-corrected chi connectivity index (χ4v) is 5.32. The molecule has 6 nitrogen and oxygen atoms in total. The van der Waals surface area contributed by atoms with Crippen molar-refractivity contribution in [1.82, 2.24) is 0 Å². The number of aliphatic carboxylic acids is 1. The molecule has 1 aromatic heterocycles. The number of carbonyl (C=O) groups excluding carboxylic acids is 2. The van der Waals surface area contributed by atoms with Crippen LogP contribution in [0.4, 0.5) is 10.7 Å². The molecule has 1 aromatic carbocycles. The monoisotopic (exact) mass is 410 g/mol. The molecule has 2 amide bonds. The number of allylic oxidation sites excluding steroid dienone is 2. The van der Waals surface area contributed by atoms with Gasteiger partial charge in [-0.05, 0) is 49.8 Å². The van der Waals surface area contributed by atoms with Crippen molar-refractivity contribution in [2.45, 2.75) is 32.1 Å². The third kappa shape index (κ3) is 3.96. The number of thiophene rings is 1. The molecule has 0 unspecified atom stereocenters. The molecule has 0 fully saturated rings. The van der Waals surface area contributed by atoms with Gasteiger partial charge in [0.25, 0.3) is 5.91 Å². The summed E-state index contributed by atoms with van der Waals surface area (Å²) in [6.07, 6.45) is 7.08. The topological polar surface area (TPSA) is 95.5 Å². The number of hydrogen-bond donors (Lipinski definition) is 3. The summed E-state index contributed by atoms with van der Waals surface area (Å²) in [5, 5.41) is 15.8. The Bertz CT molecular complexity index is 980. The van der Waals surface area contributed by atoms with Crippen LogP contribution in [0.15, 0.2) is 42.5 Å². The first kappa shape index (κ1) is 19.4. The summed E-state index contributed by atoms with van der Waals surface area (Å²) in [7, 11) is 0. The van der Waals surface area contributed by atoms with E-state index in [1.165, 1.54) is 11.3 Å². The van der Waals surface area contributed by atoms with Crippen molar-refractivity contribution >= 4 is 39.8 Å². The molecule has 0 bridgehead atoms. The normalized spacial score (nSPS) is 20.1. The fourth-order valence-electron chi connectivity index (χ4n) is 4.03. The fraction of sp³-hybridized carbons (Fsp3) is 0.318. The third-order valence-electron chi connectivity index (χ3n) is 5.50. The zero-order valence-electron chi connectivity index (χ0n) is 15.8. The molecular weight excluding hydrogens is 388 g/mol. The van der Waals surface area contributed by atoms with Gasteiger partial charge in [0.1, 0.15) is 5.00 Å². The van der Waals surface area contributed by atoms with Gasteiger partial charge >= 0.3 is 5.97 Å². The van der Waals surface area contributed by atoms with Crippen LogP contribution in [-0.4, -0.2) is 22.9 Å². The van der Waals surface area contributed by atoms with Gasteiger partial charge in [0, 0.05) is 10.6 Å². The van der Waals surface area contributed by atoms with Crippen LogP contribution >= 0.6 is 11.3 Å². The van der Waals surface area contributed by atoms with E-state index in [2.05, 4.69) is 10.6 Å². The summed E-state index contributed by atoms with van der Waals surface area (Å²) in [6, 6.07) is 9.20. The Morgan fingerprint density at radius 2 is 1.69 bits per heavy atom. The molecule has 150 valence electrons. The maximum absolute atomic E-state index is 13.0. The van der Waals surface area contributed by atoms with Crippen molar-refractivity contribution in [2.75, 3.05) is 10.6 Å². The number of para-hydroxylation sites is 1. The number of carboxylic acid groups (broad SMARTS) is 1. The van der Waals surface area contributed by atoms with E-state index in [9.17, 15) is 19.5 Å². The number of nitrogens with one attached hydrogen (secondary N) is 2. The van der Waals surface area contributed by atoms with Crippen LogP contribution < -0.4 is 10.6 Å². The highest BCUT2D eigenvalue weighted by atomic mass is 32.1. The number of amides is 2. The van der Waals surface area contributed by atoms with Crippen molar-refractivity contribution in [1.29, 1.82) is 0 Å². The van der Waals surface area contributed by atoms with E-state index in [0.717, 1.165) is 29.7 Å². The molecule has 0 saturated heterocycles. The first-order valence-corrected chi connectivity index (χ1v) is 10.6. The number of rotatable bonds is 5. The first-order chi connectivity index (χ1) is 14.0. The zero-order chi connectivity index (χ0) is 20.4. The smallest absolute Gasteiger partial charge is 0.307 e. The Morgan fingerprint density at radius 1 is 0.966 bits per heavy atom. The van der Waals surface area contributed by atoms with Gasteiger partial charge in [-0.3, -0.25) is 14.4 Å². The van der Waals surface area contributed by atoms with Crippen molar-refractivity contribution in [3.05, 3.63) is 58.5 Å². The number of hydrogen-bond acceptors (Lipinski definition) is 4. The minimum atomic E-state index is -0.967. The van der Waals surface area contributed by atoms with E-state index >= 15 is 0 Å². The molecule has 29 heavy (non-hydrogen) atoms. The summed E-state index contributed by atoms with van der Waals surface area (Å²) in [5.41, 5.74) is 2.20. The van der Waals surface area contributed by atoms with Crippen molar-refractivity contribution in [3.63, 3.8) is 0 Å². The second kappa shape index (κ2) is 8.21. The molecule has 1 heterocycles. The van der Waals surface area contributed by atoms with Gasteiger partial charge in [-0.1, -0.05) is 30.4 Å². The molecule has 2 atom stereocenters. The second-order valence-corrected chi connectivity index (χ2v) is 8.47. The number of aryl methyl sites for hydroxylation is 1. The van der Waals surface area contributed by atoms with E-state index in [1.54, 1.807) is 6.08 Å². The summed E-state index contributed by atoms with van der Waals surface area (Å²) >= 11 is 1.43. The van der Waals surface area contributed by atoms with Crippen LogP contribution in [0, 0.1) is 11.8 Å². The van der Waals surface area contributed by atoms with Crippen LogP contribution in [0.5, 0.6) is 0 Å². The second-order valence-electron chi connectivity index (χ2n) is 7.36. The molecular formula is C22H22N2O4S. The van der Waals surface area contributed by atoms with Gasteiger partial charge in [-0.2, -0.15) is 0 Å². The lowest BCUT2D eigenvalue weighted by atomic mass is 9.82. The average Bonchev–Trinajstić information content (AvgIpc) is 3.29. The lowest BCUT2D eigenvalue weighted by molar-refractivity contribution is -0.146. The van der Waals surface area contributed by atoms with Crippen LogP contribution in [-0.2, 0) is 22.4 Å². The molecule has 3 N–H and O–H groups in total. The van der Waals surface area contributed by atoms with Gasteiger partial charge in [0.2, 0.25) is 5.91 Å². The van der Waals surface area contributed by atoms with E-state index < -0.39 is 17.8 Å². The van der Waals surface area contributed by atoms with E-state index in [-0.39, 0.29) is 11.8 Å². The lowest BCUT2D eigenvalue weighted by Crippen LogP contribution is -2.35. The number of carboxylic acids is 1. The molecule has 7 heteroatoms. The highest BCUT2D eigenvalue weighted by Gasteiger charge is 2.35. The Kier molecular flexibility index (Phi) is 5.49. The van der Waals surface area contributed by atoms with Gasteiger partial charge in [-0.25, -0.2) is 0 Å². The zero-order valence-corrected chi connectivity index (χ0v) is 16.6. The van der Waals surface area contributed by atoms with Crippen molar-refractivity contribution < 1.29 is 19.5 Å². The lowest BCUT2D eigenvalue weighted by Gasteiger charge is -2.24. The number of fused-ring (bicyclic) bond motifs is 1. The summed E-state index contributed by atoms with van der Waals surface area (Å²) in [4.78, 5) is 38.6. The van der Waals surface area contributed by atoms with Gasteiger partial charge in [-0.15, -0.1) is 11.3 Å². The Hall–Kier alpha value is -2.93. The number of anilines is 2. The highest BCUT2D eigenvalue weighted by molar-refractivity contribution is 7.17. The average molecular weight is 410 g/mol. The van der Waals surface area contributed by atoms with Gasteiger partial charge in [0.15, 0.2) is 0 Å². The van der Waals surface area contributed by atoms with E-state index in [4.69, 9.17) is 0 Å². The molecule has 0 radical (unpaired) electrons. The number of benzene rings is 1. The number of carbonyl (C=O) groups is 3. The van der Waals surface area contributed by atoms with Crippen LogP contribution in [0.2, 0.25) is 0 Å². The van der Waals surface area contributed by atoms with Crippen molar-refractivity contribution in [3.8, 4) is 0 Å². The van der Waals surface area contributed by atoms with E-state index in [1.807, 2.05) is 36.4 Å². The van der Waals surface area contributed by atoms with Crippen LogP contribution in [0.25, 0.3) is 0 Å². The molecule has 4 rings (SSSR count). The van der Waals surface area contributed by atoms with E-state index in [0.29, 0.717) is 29.1 Å². The standard InChI is InChI=1S/C22H22N2O4S/c25-19(14-9-4-5-10-15(14)22(27)28)24-21-18(16-11-6-12-17(16)29-21)20(26)23-13-7-2-1-3-8-13/h1-5,7-8,14-15H,6,9-12H2,(H,23,26)(H,24,25)(H,27,28)/t14-,15+/m0/s1. The minimum absolute atomic E-state index is 0.246. The van der Waals surface area contributed by atoms with Crippen molar-refractivity contribution in [2.24, 2.45) is 11.8 Å². The van der Waals surface area contributed by atoms with Gasteiger partial charge < -0.3 is 15.7 Å². The Balaban J connectivity index is 1.59. The summed E-state index contributed by atoms with van der Waals surface area (Å²) in [5.74, 6) is -2.93. The highest BCUT2D eigenvalue weighted by Crippen LogP contribution is 2.40. The molecule has 0 saturated carbocycles. The third-order valence-corrected chi connectivity index (χ3v) is 6.71. The molecule has 0 aliphatic heterocycles. The maximum Gasteiger partial charge on any atom is 0.307 e. The van der Waals surface area contributed by atoms with Crippen LogP contribution in [0.1, 0.15) is 40.1 Å². The Morgan fingerprint density at radius 3 is 2.41 bits per heavy atom. The largest absolute Gasteiger partial charge is 0.481 e. The molecule has 2 aromatic rings. The minimum Gasteiger partial charge on any atom is -0.481 e. The first-order valence-electron chi connectivity index (χ1n) is 9.74. The Labute approximate surface area is 172 Å². The predicted molar refractivity (Wildman–Crippen MR) is 112 cm³/mol. The molecule has 2 aliphatic rings. The molecule has 0 spiro atoms. The van der Waals surface area contributed by atoms with Gasteiger partial charge in [0.05, 0.1) is 17.4 Å². The predicted octanol–water partition coefficient (Wildman–Crippen LogP) is 4.09. The quantitative estimate of drug-likeness (QED) is 0.647. The molecule has 2 aliphatic carbocycles. The van der Waals surface area contributed by atoms with Crippen LogP contribution in [0.3, 0.4) is 0 Å². The summed E-state index contributed by atoms with van der Waals surface area (Å²) in [6.45, 7) is 0.